The monoisotopic (exact) mass is 820 g/mol. The molecule has 0 saturated heterocycles. The molecule has 3 heterocycles. The number of aromatic nitrogens is 5. The second-order valence-electron chi connectivity index (χ2n) is 13.4. The Labute approximate surface area is 399 Å². The Bertz CT molecular complexity index is 5050. The molecule has 3 aromatic heterocycles. The van der Waals surface area contributed by atoms with E-state index in [1.54, 1.807) is 48.5 Å². The van der Waals surface area contributed by atoms with Gasteiger partial charge >= 0.3 is 0 Å². The van der Waals surface area contributed by atoms with E-state index in [0.717, 1.165) is 4.57 Å². The lowest BCUT2D eigenvalue weighted by atomic mass is 10.0. The highest BCUT2D eigenvalue weighted by molar-refractivity contribution is 6.12. The fraction of sp³-hybridized carbons (Fsp3) is 0. The summed E-state index contributed by atoms with van der Waals surface area (Å²) in [5.41, 5.74) is -8.03. The van der Waals surface area contributed by atoms with Crippen LogP contribution in [-0.4, -0.2) is 24.1 Å². The van der Waals surface area contributed by atoms with Gasteiger partial charge in [-0.2, -0.15) is 9.97 Å². The molecule has 0 unspecified atom stereocenters. The zero-order chi connectivity index (χ0) is 66.2. The third kappa shape index (κ3) is 5.98. The third-order valence-electron chi connectivity index (χ3n) is 9.90. The zero-order valence-corrected chi connectivity index (χ0v) is 31.4. The molecule has 5 heteroatoms. The van der Waals surface area contributed by atoms with Crippen molar-refractivity contribution < 1.29 is 39.8 Å². The molecule has 290 valence electrons. The number of fused-ring (bicyclic) bond motifs is 6. The average molecular weight is 821 g/mol. The summed E-state index contributed by atoms with van der Waals surface area (Å²) >= 11 is 0. The lowest BCUT2D eigenvalue weighted by Crippen LogP contribution is -2.07. The van der Waals surface area contributed by atoms with Gasteiger partial charge in [-0.3, -0.25) is 4.57 Å². The predicted octanol–water partition coefficient (Wildman–Crippen LogP) is 14.4. The molecule has 0 N–H and O–H groups in total. The molecular formula is C57H37N5. The quantitative estimate of drug-likeness (QED) is 0.161. The van der Waals surface area contributed by atoms with Crippen LogP contribution in [0.15, 0.2) is 224 Å². The highest BCUT2D eigenvalue weighted by atomic mass is 15.2. The fourth-order valence-electron chi connectivity index (χ4n) is 7.21. The summed E-state index contributed by atoms with van der Waals surface area (Å²) < 4.78 is 266. The highest BCUT2D eigenvalue weighted by Crippen LogP contribution is 2.40. The molecule has 62 heavy (non-hydrogen) atoms. The Kier molecular flexibility index (Phi) is 4.01. The van der Waals surface area contributed by atoms with Crippen LogP contribution < -0.4 is 0 Å². The van der Waals surface area contributed by atoms with E-state index in [-0.39, 0.29) is 0 Å². The van der Waals surface area contributed by atoms with E-state index in [2.05, 4.69) is 4.98 Å². The van der Waals surface area contributed by atoms with Gasteiger partial charge in [0.1, 0.15) is 0 Å². The zero-order valence-electron chi connectivity index (χ0n) is 60.4. The normalized spacial score (nSPS) is 18.1. The minimum Gasteiger partial charge on any atom is -0.308 e. The smallest absolute Gasteiger partial charge is 0.238 e. The highest BCUT2D eigenvalue weighted by Gasteiger charge is 2.22. The number of benzene rings is 9. The van der Waals surface area contributed by atoms with Gasteiger partial charge in [0, 0.05) is 32.7 Å². The van der Waals surface area contributed by atoms with Crippen LogP contribution in [0, 0.1) is 0 Å². The van der Waals surface area contributed by atoms with Crippen molar-refractivity contribution in [1.29, 1.82) is 0 Å². The second-order valence-corrected chi connectivity index (χ2v) is 13.4. The first-order valence-corrected chi connectivity index (χ1v) is 18.6. The molecule has 0 saturated carbocycles. The van der Waals surface area contributed by atoms with Crippen molar-refractivity contribution in [2.24, 2.45) is 0 Å². The molecule has 0 aliphatic rings. The molecule has 0 radical (unpaired) electrons. The van der Waals surface area contributed by atoms with Crippen LogP contribution in [0.1, 0.15) is 39.8 Å². The number of hydrogen-bond acceptors (Lipinski definition) is 3. The summed E-state index contributed by atoms with van der Waals surface area (Å²) in [7, 11) is 0. The molecule has 12 aromatic rings. The summed E-state index contributed by atoms with van der Waals surface area (Å²) in [4.78, 5) is 14.2. The van der Waals surface area contributed by atoms with Crippen molar-refractivity contribution in [1.82, 2.24) is 24.1 Å². The van der Waals surface area contributed by atoms with Crippen molar-refractivity contribution in [3.63, 3.8) is 0 Å². The van der Waals surface area contributed by atoms with Crippen molar-refractivity contribution in [3.8, 4) is 67.8 Å². The fourth-order valence-corrected chi connectivity index (χ4v) is 7.21. The summed E-state index contributed by atoms with van der Waals surface area (Å²) in [6.07, 6.45) is 0. The van der Waals surface area contributed by atoms with Gasteiger partial charge in [-0.25, -0.2) is 4.98 Å². The Morgan fingerprint density at radius 1 is 0.323 bits per heavy atom. The number of para-hydroxylation sites is 3. The standard InChI is InChI=1S/C57H37N5/c1-4-16-38(17-5-1)41-28-30-42(31-29-41)55-58-56(60-57(59-55)62-50-25-13-10-22-45(50)46-23-11-14-26-51(46)62)49-24-12-15-27-52(49)61-53-36-43(39-18-6-2-7-19-39)32-34-47(53)48-35-33-44(37-54(48)61)40-20-8-3-9-21-40/h1-37H/i1D,2D,3D,4D,5D,6D,7D,8D,9D,12D,15D,16D,17D,18D,19D,20D,21D,24D,27D,28D,29D,30D,31D,32D,33D,34D,35D,36D,37D. The van der Waals surface area contributed by atoms with Crippen LogP contribution in [0.3, 0.4) is 0 Å². The topological polar surface area (TPSA) is 48.5 Å². The summed E-state index contributed by atoms with van der Waals surface area (Å²) in [6.45, 7) is 0. The lowest BCUT2D eigenvalue weighted by molar-refractivity contribution is 0.951. The van der Waals surface area contributed by atoms with E-state index in [1.165, 1.54) is 4.57 Å². The van der Waals surface area contributed by atoms with Crippen molar-refractivity contribution in [3.05, 3.63) is 224 Å². The maximum atomic E-state index is 10.1. The first-order chi connectivity index (χ1) is 42.8. The minimum absolute atomic E-state index is 0.377. The van der Waals surface area contributed by atoms with Crippen molar-refractivity contribution >= 4 is 43.6 Å². The van der Waals surface area contributed by atoms with Gasteiger partial charge in [-0.05, 0) is 69.7 Å². The molecule has 0 spiro atoms. The van der Waals surface area contributed by atoms with Gasteiger partial charge in [0.25, 0.3) is 0 Å². The van der Waals surface area contributed by atoms with Gasteiger partial charge in [-0.1, -0.05) is 187 Å². The molecule has 0 fully saturated rings. The van der Waals surface area contributed by atoms with E-state index in [1.807, 2.05) is 0 Å². The summed E-state index contributed by atoms with van der Waals surface area (Å²) in [6, 6.07) is -14.3. The van der Waals surface area contributed by atoms with Crippen LogP contribution in [0.2, 0.25) is 0 Å². The number of rotatable bonds is 7. The van der Waals surface area contributed by atoms with E-state index in [0.29, 0.717) is 21.8 Å². The second kappa shape index (κ2) is 14.7. The van der Waals surface area contributed by atoms with Gasteiger partial charge in [0.15, 0.2) is 11.6 Å². The van der Waals surface area contributed by atoms with Crippen molar-refractivity contribution in [2.75, 3.05) is 0 Å². The Balaban J connectivity index is 1.32. The van der Waals surface area contributed by atoms with Crippen LogP contribution in [0.5, 0.6) is 0 Å². The van der Waals surface area contributed by atoms with Gasteiger partial charge in [0.05, 0.1) is 67.5 Å². The van der Waals surface area contributed by atoms with Gasteiger partial charge < -0.3 is 4.57 Å². The molecule has 12 rings (SSSR count). The van der Waals surface area contributed by atoms with Gasteiger partial charge in [0.2, 0.25) is 5.95 Å². The van der Waals surface area contributed by atoms with E-state index < -0.39 is 265 Å². The van der Waals surface area contributed by atoms with Crippen LogP contribution in [0.25, 0.3) is 111 Å². The molecule has 5 nitrogen and oxygen atoms in total. The third-order valence-corrected chi connectivity index (χ3v) is 9.90. The maximum Gasteiger partial charge on any atom is 0.238 e. The first kappa shape index (κ1) is 16.9. The number of nitrogens with zero attached hydrogens (tertiary/aromatic N) is 5. The van der Waals surface area contributed by atoms with Crippen molar-refractivity contribution in [2.45, 2.75) is 0 Å². The largest absolute Gasteiger partial charge is 0.308 e. The van der Waals surface area contributed by atoms with Crippen LogP contribution in [-0.2, 0) is 0 Å². The molecule has 0 aliphatic heterocycles. The Hall–Kier alpha value is -8.41. The van der Waals surface area contributed by atoms with Crippen LogP contribution in [0.4, 0.5) is 0 Å². The molecular weight excluding hydrogens is 755 g/mol. The average Bonchev–Trinajstić information content (AvgIpc) is 1.56. The van der Waals surface area contributed by atoms with E-state index in [4.69, 9.17) is 30.5 Å². The van der Waals surface area contributed by atoms with E-state index in [9.17, 15) is 19.2 Å². The number of hydrogen-bond donors (Lipinski definition) is 0. The Morgan fingerprint density at radius 3 is 1.32 bits per heavy atom. The predicted molar refractivity (Wildman–Crippen MR) is 256 cm³/mol. The maximum absolute atomic E-state index is 10.1. The molecule has 0 bridgehead atoms. The van der Waals surface area contributed by atoms with Gasteiger partial charge in [-0.15, -0.1) is 0 Å². The minimum atomic E-state index is -1.10. The Morgan fingerprint density at radius 2 is 0.758 bits per heavy atom. The summed E-state index contributed by atoms with van der Waals surface area (Å²) in [5.74, 6) is -2.04. The van der Waals surface area contributed by atoms with Crippen LogP contribution >= 0.6 is 0 Å². The summed E-state index contributed by atoms with van der Waals surface area (Å²) in [5, 5.41) is -0.164. The van der Waals surface area contributed by atoms with E-state index >= 15 is 0 Å². The molecule has 0 amide bonds. The molecule has 9 aromatic carbocycles. The SMILES string of the molecule is [2H]c1c([2H])c([2H])c(-c2c([2H])c([2H])c(-c3nc(-c4c([2H])c([2H])c([2H])c([2H])c4-n4c5c([2H])c(-c6c([2H])c([2H])c([2H])c([2H])c6[2H])c([2H])c([2H])c5c5c([2H])c([2H])c(-c6c([2H])c([2H])c([2H])c([2H])c6[2H])c([2H])c54)nc(-n4c5ccccc5c5ccccc54)n3)c([2H])c2[2H])c([2H])c1[2H]. The lowest BCUT2D eigenvalue weighted by Gasteiger charge is -2.16. The molecule has 0 atom stereocenters. The first-order valence-electron chi connectivity index (χ1n) is 33.1. The molecule has 0 aliphatic carbocycles.